The number of carbonyl (C=O) groups is 1. The van der Waals surface area contributed by atoms with Crippen molar-refractivity contribution < 1.29 is 13.9 Å². The standard InChI is InChI=1S/C11H19N3O3/c1-8-6-14-11(17-8)9(2)13-7-10(15)12-4-5-16-3/h6,9,13H,4-5,7H2,1-3H3,(H,12,15). The van der Waals surface area contributed by atoms with Crippen LogP contribution >= 0.6 is 0 Å². The lowest BCUT2D eigenvalue weighted by atomic mass is 10.3. The molecule has 2 N–H and O–H groups in total. The number of hydrogen-bond donors (Lipinski definition) is 2. The number of ether oxygens (including phenoxy) is 1. The molecule has 0 bridgehead atoms. The highest BCUT2D eigenvalue weighted by atomic mass is 16.5. The van der Waals surface area contributed by atoms with E-state index in [0.29, 0.717) is 19.0 Å². The summed E-state index contributed by atoms with van der Waals surface area (Å²) >= 11 is 0. The molecule has 6 nitrogen and oxygen atoms in total. The predicted molar refractivity (Wildman–Crippen MR) is 62.5 cm³/mol. The minimum absolute atomic E-state index is 0.0721. The number of nitrogens with zero attached hydrogens (tertiary/aromatic N) is 1. The molecule has 0 saturated carbocycles. The molecule has 1 amide bonds. The molecule has 0 aliphatic carbocycles. The van der Waals surface area contributed by atoms with E-state index >= 15 is 0 Å². The fourth-order valence-corrected chi connectivity index (χ4v) is 1.26. The highest BCUT2D eigenvalue weighted by Crippen LogP contribution is 2.10. The van der Waals surface area contributed by atoms with Crippen LogP contribution in [-0.4, -0.2) is 37.7 Å². The van der Waals surface area contributed by atoms with Crippen LogP contribution in [0.1, 0.15) is 24.6 Å². The first-order valence-corrected chi connectivity index (χ1v) is 5.55. The van der Waals surface area contributed by atoms with Gasteiger partial charge in [0, 0.05) is 13.7 Å². The SMILES string of the molecule is COCCNC(=O)CNC(C)c1ncc(C)o1. The van der Waals surface area contributed by atoms with Gasteiger partial charge in [0.05, 0.1) is 25.4 Å². The zero-order chi connectivity index (χ0) is 12.7. The molecule has 0 saturated heterocycles. The Morgan fingerprint density at radius 3 is 3.00 bits per heavy atom. The molecule has 1 rings (SSSR count). The zero-order valence-corrected chi connectivity index (χ0v) is 10.4. The monoisotopic (exact) mass is 241 g/mol. The molecule has 1 heterocycles. The number of rotatable bonds is 7. The van der Waals surface area contributed by atoms with Crippen molar-refractivity contribution >= 4 is 5.91 Å². The lowest BCUT2D eigenvalue weighted by molar-refractivity contribution is -0.120. The first kappa shape index (κ1) is 13.7. The summed E-state index contributed by atoms with van der Waals surface area (Å²) in [6.45, 7) is 4.99. The van der Waals surface area contributed by atoms with Gasteiger partial charge in [0.15, 0.2) is 0 Å². The van der Waals surface area contributed by atoms with Gasteiger partial charge in [0.25, 0.3) is 0 Å². The van der Waals surface area contributed by atoms with E-state index in [2.05, 4.69) is 15.6 Å². The maximum Gasteiger partial charge on any atom is 0.234 e. The summed E-state index contributed by atoms with van der Waals surface area (Å²) in [5.74, 6) is 1.28. The van der Waals surface area contributed by atoms with E-state index in [4.69, 9.17) is 9.15 Å². The van der Waals surface area contributed by atoms with Gasteiger partial charge in [-0.3, -0.25) is 10.1 Å². The molecule has 0 fully saturated rings. The van der Waals surface area contributed by atoms with Crippen LogP contribution in [-0.2, 0) is 9.53 Å². The smallest absolute Gasteiger partial charge is 0.234 e. The van der Waals surface area contributed by atoms with Gasteiger partial charge < -0.3 is 14.5 Å². The lowest BCUT2D eigenvalue weighted by Gasteiger charge is -2.10. The van der Waals surface area contributed by atoms with Crippen LogP contribution in [0, 0.1) is 6.92 Å². The van der Waals surface area contributed by atoms with Crippen LogP contribution in [0.15, 0.2) is 10.6 Å². The van der Waals surface area contributed by atoms with Gasteiger partial charge in [-0.2, -0.15) is 0 Å². The quantitative estimate of drug-likeness (QED) is 0.676. The first-order chi connectivity index (χ1) is 8.13. The van der Waals surface area contributed by atoms with E-state index < -0.39 is 0 Å². The zero-order valence-electron chi connectivity index (χ0n) is 10.4. The van der Waals surface area contributed by atoms with Crippen molar-refractivity contribution in [1.29, 1.82) is 0 Å². The fraction of sp³-hybridized carbons (Fsp3) is 0.636. The van der Waals surface area contributed by atoms with Crippen molar-refractivity contribution in [3.63, 3.8) is 0 Å². The van der Waals surface area contributed by atoms with Crippen molar-refractivity contribution in [3.05, 3.63) is 17.8 Å². The summed E-state index contributed by atoms with van der Waals surface area (Å²) in [6, 6.07) is -0.0862. The minimum atomic E-state index is -0.0862. The highest BCUT2D eigenvalue weighted by Gasteiger charge is 2.11. The van der Waals surface area contributed by atoms with Gasteiger partial charge in [-0.1, -0.05) is 0 Å². The summed E-state index contributed by atoms with van der Waals surface area (Å²) in [5.41, 5.74) is 0. The second-order valence-corrected chi connectivity index (χ2v) is 3.75. The fourth-order valence-electron chi connectivity index (χ4n) is 1.26. The Kier molecular flexibility index (Phi) is 5.65. The van der Waals surface area contributed by atoms with E-state index in [1.165, 1.54) is 0 Å². The average Bonchev–Trinajstić information content (AvgIpc) is 2.73. The normalized spacial score (nSPS) is 12.4. The Bertz CT molecular complexity index is 351. The van der Waals surface area contributed by atoms with Gasteiger partial charge in [-0.15, -0.1) is 0 Å². The molecule has 0 aliphatic heterocycles. The van der Waals surface area contributed by atoms with Gasteiger partial charge in [0.2, 0.25) is 11.8 Å². The average molecular weight is 241 g/mol. The Morgan fingerprint density at radius 1 is 1.65 bits per heavy atom. The van der Waals surface area contributed by atoms with Crippen LogP contribution in [0.5, 0.6) is 0 Å². The second kappa shape index (κ2) is 7.03. The third kappa shape index (κ3) is 4.97. The number of carbonyl (C=O) groups excluding carboxylic acids is 1. The van der Waals surface area contributed by atoms with Crippen LogP contribution in [0.25, 0.3) is 0 Å². The molecular weight excluding hydrogens is 222 g/mol. The summed E-state index contributed by atoms with van der Waals surface area (Å²) < 4.78 is 10.2. The molecule has 0 radical (unpaired) electrons. The number of methoxy groups -OCH3 is 1. The summed E-state index contributed by atoms with van der Waals surface area (Å²) in [5, 5.41) is 5.75. The summed E-state index contributed by atoms with van der Waals surface area (Å²) in [4.78, 5) is 15.5. The highest BCUT2D eigenvalue weighted by molar-refractivity contribution is 5.77. The molecule has 0 spiro atoms. The summed E-state index contributed by atoms with van der Waals surface area (Å²) in [6.07, 6.45) is 1.66. The number of hydrogen-bond acceptors (Lipinski definition) is 5. The Hall–Kier alpha value is -1.40. The third-order valence-electron chi connectivity index (χ3n) is 2.21. The van der Waals surface area contributed by atoms with Crippen LogP contribution in [0.3, 0.4) is 0 Å². The van der Waals surface area contributed by atoms with Crippen LogP contribution < -0.4 is 10.6 Å². The van der Waals surface area contributed by atoms with Crippen molar-refractivity contribution in [2.45, 2.75) is 19.9 Å². The number of aryl methyl sites for hydroxylation is 1. The Labute approximate surface area is 101 Å². The maximum absolute atomic E-state index is 11.4. The van der Waals surface area contributed by atoms with Gasteiger partial charge in [-0.25, -0.2) is 4.98 Å². The molecule has 96 valence electrons. The van der Waals surface area contributed by atoms with Crippen molar-refractivity contribution in [2.24, 2.45) is 0 Å². The summed E-state index contributed by atoms with van der Waals surface area (Å²) in [7, 11) is 1.59. The molecule has 6 heteroatoms. The lowest BCUT2D eigenvalue weighted by Crippen LogP contribution is -2.36. The van der Waals surface area contributed by atoms with Crippen molar-refractivity contribution in [2.75, 3.05) is 26.8 Å². The predicted octanol–water partition coefficient (Wildman–Crippen LogP) is 0.396. The third-order valence-corrected chi connectivity index (χ3v) is 2.21. The minimum Gasteiger partial charge on any atom is -0.444 e. The van der Waals surface area contributed by atoms with Crippen molar-refractivity contribution in [3.8, 4) is 0 Å². The number of nitrogens with one attached hydrogen (secondary N) is 2. The maximum atomic E-state index is 11.4. The number of oxazole rings is 1. The number of amides is 1. The van der Waals surface area contributed by atoms with Gasteiger partial charge in [-0.05, 0) is 13.8 Å². The van der Waals surface area contributed by atoms with Crippen LogP contribution in [0.4, 0.5) is 0 Å². The van der Waals surface area contributed by atoms with E-state index in [-0.39, 0.29) is 18.5 Å². The molecule has 17 heavy (non-hydrogen) atoms. The molecule has 1 unspecified atom stereocenters. The second-order valence-electron chi connectivity index (χ2n) is 3.75. The van der Waals surface area contributed by atoms with E-state index in [1.54, 1.807) is 13.3 Å². The van der Waals surface area contributed by atoms with Crippen molar-refractivity contribution in [1.82, 2.24) is 15.6 Å². The van der Waals surface area contributed by atoms with Gasteiger partial charge >= 0.3 is 0 Å². The Morgan fingerprint density at radius 2 is 2.41 bits per heavy atom. The van der Waals surface area contributed by atoms with Crippen LogP contribution in [0.2, 0.25) is 0 Å². The number of aromatic nitrogens is 1. The topological polar surface area (TPSA) is 76.4 Å². The van der Waals surface area contributed by atoms with E-state index in [9.17, 15) is 4.79 Å². The molecule has 1 aromatic heterocycles. The molecule has 1 aromatic rings. The van der Waals surface area contributed by atoms with E-state index in [1.807, 2.05) is 13.8 Å². The molecule has 0 aliphatic rings. The largest absolute Gasteiger partial charge is 0.444 e. The molecule has 0 aromatic carbocycles. The Balaban J connectivity index is 2.23. The first-order valence-electron chi connectivity index (χ1n) is 5.55. The van der Waals surface area contributed by atoms with E-state index in [0.717, 1.165) is 5.76 Å². The van der Waals surface area contributed by atoms with Gasteiger partial charge in [0.1, 0.15) is 5.76 Å². The molecule has 1 atom stereocenters. The molecular formula is C11H19N3O3.